The zero-order valence-corrected chi connectivity index (χ0v) is 10.2. The van der Waals surface area contributed by atoms with Crippen LogP contribution >= 0.6 is 0 Å². The lowest BCUT2D eigenvalue weighted by molar-refractivity contribution is 0.101. The van der Waals surface area contributed by atoms with Gasteiger partial charge in [0.25, 0.3) is 0 Å². The van der Waals surface area contributed by atoms with Crippen LogP contribution in [0.15, 0.2) is 0 Å². The zero-order valence-electron chi connectivity index (χ0n) is 10.2. The number of likely N-dealkylation sites (tertiary alicyclic amines) is 1. The first-order valence-electron chi connectivity index (χ1n) is 6.26. The minimum Gasteiger partial charge on any atom is -0.379 e. The van der Waals surface area contributed by atoms with Crippen LogP contribution in [0.2, 0.25) is 0 Å². The van der Waals surface area contributed by atoms with Gasteiger partial charge in [0.05, 0.1) is 13.2 Å². The molecule has 0 amide bonds. The highest BCUT2D eigenvalue weighted by Crippen LogP contribution is 2.22. The monoisotopic (exact) mass is 214 g/mol. The normalized spacial score (nSPS) is 22.8. The van der Waals surface area contributed by atoms with Gasteiger partial charge in [-0.15, -0.1) is 0 Å². The third-order valence-corrected chi connectivity index (χ3v) is 3.03. The van der Waals surface area contributed by atoms with Gasteiger partial charge >= 0.3 is 0 Å². The molecule has 0 aromatic carbocycles. The van der Waals surface area contributed by atoms with Gasteiger partial charge in [-0.05, 0) is 31.7 Å². The molecular weight excluding hydrogens is 188 g/mol. The lowest BCUT2D eigenvalue weighted by Crippen LogP contribution is -2.33. The van der Waals surface area contributed by atoms with Crippen molar-refractivity contribution >= 4 is 0 Å². The average molecular weight is 214 g/mol. The number of rotatable bonds is 7. The van der Waals surface area contributed by atoms with Crippen molar-refractivity contribution in [3.05, 3.63) is 0 Å². The maximum atomic E-state index is 5.43. The predicted molar refractivity (Wildman–Crippen MR) is 63.9 cm³/mol. The Labute approximate surface area is 94.0 Å². The Morgan fingerprint density at radius 3 is 2.87 bits per heavy atom. The fourth-order valence-corrected chi connectivity index (χ4v) is 2.37. The molecule has 0 aromatic rings. The van der Waals surface area contributed by atoms with Crippen LogP contribution in [0.5, 0.6) is 0 Å². The lowest BCUT2D eigenvalue weighted by Gasteiger charge is -2.25. The first kappa shape index (κ1) is 12.9. The lowest BCUT2D eigenvalue weighted by atomic mass is 10.0. The second kappa shape index (κ2) is 7.20. The van der Waals surface area contributed by atoms with Crippen LogP contribution in [-0.4, -0.2) is 43.8 Å². The van der Waals surface area contributed by atoms with E-state index in [1.165, 1.54) is 25.8 Å². The number of nitrogens with zero attached hydrogens (tertiary/aromatic N) is 1. The van der Waals surface area contributed by atoms with E-state index in [0.717, 1.165) is 25.1 Å². The van der Waals surface area contributed by atoms with Crippen LogP contribution in [0.1, 0.15) is 33.1 Å². The Bertz CT molecular complexity index is 162. The predicted octanol–water partition coefficient (Wildman–Crippen LogP) is 1.47. The van der Waals surface area contributed by atoms with Gasteiger partial charge in [0.1, 0.15) is 0 Å². The number of hydrogen-bond acceptors (Lipinski definition) is 3. The molecule has 1 heterocycles. The molecule has 1 saturated heterocycles. The summed E-state index contributed by atoms with van der Waals surface area (Å²) in [6, 6.07) is 0.798. The van der Waals surface area contributed by atoms with E-state index in [4.69, 9.17) is 10.5 Å². The van der Waals surface area contributed by atoms with Crippen molar-refractivity contribution in [3.8, 4) is 0 Å². The summed E-state index contributed by atoms with van der Waals surface area (Å²) >= 11 is 0. The van der Waals surface area contributed by atoms with Crippen LogP contribution < -0.4 is 5.73 Å². The van der Waals surface area contributed by atoms with E-state index in [9.17, 15) is 0 Å². The smallest absolute Gasteiger partial charge is 0.0594 e. The Morgan fingerprint density at radius 2 is 2.20 bits per heavy atom. The van der Waals surface area contributed by atoms with E-state index >= 15 is 0 Å². The van der Waals surface area contributed by atoms with Crippen LogP contribution in [-0.2, 0) is 4.74 Å². The summed E-state index contributed by atoms with van der Waals surface area (Å²) in [7, 11) is 0. The Morgan fingerprint density at radius 1 is 1.40 bits per heavy atom. The Kier molecular flexibility index (Phi) is 6.22. The average Bonchev–Trinajstić information content (AvgIpc) is 2.59. The van der Waals surface area contributed by atoms with Crippen molar-refractivity contribution in [1.29, 1.82) is 0 Å². The van der Waals surface area contributed by atoms with Gasteiger partial charge in [0.2, 0.25) is 0 Å². The fraction of sp³-hybridized carbons (Fsp3) is 1.00. The molecule has 1 unspecified atom stereocenters. The number of ether oxygens (including phenoxy) is 1. The number of hydrogen-bond donors (Lipinski definition) is 1. The number of nitrogens with two attached hydrogens (primary N) is 1. The minimum atomic E-state index is 0.634. The maximum Gasteiger partial charge on any atom is 0.0594 e. The van der Waals surface area contributed by atoms with Crippen molar-refractivity contribution in [2.24, 2.45) is 11.7 Å². The van der Waals surface area contributed by atoms with E-state index in [2.05, 4.69) is 18.7 Å². The Balaban J connectivity index is 2.15. The summed E-state index contributed by atoms with van der Waals surface area (Å²) in [5.74, 6) is 0.806. The Hall–Kier alpha value is -0.120. The minimum absolute atomic E-state index is 0.634. The first-order chi connectivity index (χ1) is 7.24. The molecule has 0 saturated carbocycles. The van der Waals surface area contributed by atoms with Gasteiger partial charge in [-0.25, -0.2) is 0 Å². The van der Waals surface area contributed by atoms with Gasteiger partial charge in [-0.1, -0.05) is 13.8 Å². The van der Waals surface area contributed by atoms with Crippen molar-refractivity contribution in [2.45, 2.75) is 39.2 Å². The summed E-state index contributed by atoms with van der Waals surface area (Å²) in [5, 5.41) is 0. The van der Waals surface area contributed by atoms with Crippen molar-refractivity contribution in [1.82, 2.24) is 4.90 Å². The second-order valence-electron chi connectivity index (χ2n) is 4.86. The summed E-state index contributed by atoms with van der Waals surface area (Å²) in [5.41, 5.74) is 5.38. The SMILES string of the molecule is CC(C)CC1CCCN1CCOCCN. The highest BCUT2D eigenvalue weighted by molar-refractivity contribution is 4.79. The molecule has 0 spiro atoms. The molecule has 3 nitrogen and oxygen atoms in total. The van der Waals surface area contributed by atoms with Gasteiger partial charge < -0.3 is 10.5 Å². The van der Waals surface area contributed by atoms with Crippen molar-refractivity contribution in [2.75, 3.05) is 32.8 Å². The molecule has 0 bridgehead atoms. The molecule has 1 atom stereocenters. The molecule has 3 heteroatoms. The van der Waals surface area contributed by atoms with Crippen LogP contribution in [0, 0.1) is 5.92 Å². The third kappa shape index (κ3) is 4.96. The topological polar surface area (TPSA) is 38.5 Å². The van der Waals surface area contributed by atoms with Gasteiger partial charge in [0.15, 0.2) is 0 Å². The molecular formula is C12H26N2O. The largest absolute Gasteiger partial charge is 0.379 e. The zero-order chi connectivity index (χ0) is 11.1. The summed E-state index contributed by atoms with van der Waals surface area (Å²) in [4.78, 5) is 2.58. The van der Waals surface area contributed by atoms with Gasteiger partial charge in [0, 0.05) is 19.1 Å². The van der Waals surface area contributed by atoms with Crippen LogP contribution in [0.4, 0.5) is 0 Å². The highest BCUT2D eigenvalue weighted by Gasteiger charge is 2.24. The summed E-state index contributed by atoms with van der Waals surface area (Å²) in [6.07, 6.45) is 4.06. The van der Waals surface area contributed by atoms with E-state index < -0.39 is 0 Å². The molecule has 0 aliphatic carbocycles. The molecule has 1 rings (SSSR count). The van der Waals surface area contributed by atoms with Gasteiger partial charge in [-0.3, -0.25) is 4.90 Å². The highest BCUT2D eigenvalue weighted by atomic mass is 16.5. The standard InChI is InChI=1S/C12H26N2O/c1-11(2)10-12-4-3-6-14(12)7-9-15-8-5-13/h11-12H,3-10,13H2,1-2H3. The molecule has 0 radical (unpaired) electrons. The van der Waals surface area contributed by atoms with Crippen molar-refractivity contribution in [3.63, 3.8) is 0 Å². The first-order valence-corrected chi connectivity index (χ1v) is 6.26. The van der Waals surface area contributed by atoms with E-state index in [1.54, 1.807) is 0 Å². The third-order valence-electron chi connectivity index (χ3n) is 3.03. The molecule has 90 valence electrons. The van der Waals surface area contributed by atoms with E-state index in [-0.39, 0.29) is 0 Å². The van der Waals surface area contributed by atoms with E-state index in [0.29, 0.717) is 13.2 Å². The van der Waals surface area contributed by atoms with Crippen LogP contribution in [0.25, 0.3) is 0 Å². The quantitative estimate of drug-likeness (QED) is 0.652. The molecule has 15 heavy (non-hydrogen) atoms. The summed E-state index contributed by atoms with van der Waals surface area (Å²) < 4.78 is 5.43. The molecule has 1 fully saturated rings. The molecule has 2 N–H and O–H groups in total. The second-order valence-corrected chi connectivity index (χ2v) is 4.86. The van der Waals surface area contributed by atoms with Gasteiger partial charge in [-0.2, -0.15) is 0 Å². The molecule has 0 aromatic heterocycles. The van der Waals surface area contributed by atoms with Crippen LogP contribution in [0.3, 0.4) is 0 Å². The fourth-order valence-electron chi connectivity index (χ4n) is 2.37. The molecule has 1 aliphatic heterocycles. The van der Waals surface area contributed by atoms with E-state index in [1.807, 2.05) is 0 Å². The maximum absolute atomic E-state index is 5.43. The van der Waals surface area contributed by atoms with Crippen molar-refractivity contribution < 1.29 is 4.74 Å². The molecule has 1 aliphatic rings. The summed E-state index contributed by atoms with van der Waals surface area (Å²) in [6.45, 7) is 9.12.